The molecule has 2 aliphatic rings. The molecule has 0 spiro atoms. The fraction of sp³-hybridized carbons (Fsp3) is 0.394. The SMILES string of the molecule is CC(=O)OC(C)C(=O)Nc1ccc(C2OC(CN3CCN(c4ccc([N+](=O)[O-])cc4)CC3)CC(c3ccc(CO)cc3)O2)cc1. The Morgan fingerprint density at radius 1 is 0.978 bits per heavy atom. The van der Waals surface area contributed by atoms with Crippen molar-refractivity contribution in [2.75, 3.05) is 42.9 Å². The molecule has 2 heterocycles. The van der Waals surface area contributed by atoms with E-state index < -0.39 is 29.2 Å². The van der Waals surface area contributed by atoms with Gasteiger partial charge in [0.25, 0.3) is 11.6 Å². The summed E-state index contributed by atoms with van der Waals surface area (Å²) in [5, 5.41) is 23.2. The van der Waals surface area contributed by atoms with Gasteiger partial charge in [-0.1, -0.05) is 36.4 Å². The highest BCUT2D eigenvalue weighted by molar-refractivity contribution is 5.94. The summed E-state index contributed by atoms with van der Waals surface area (Å²) in [5.74, 6) is -0.954. The number of nitrogens with zero attached hydrogens (tertiary/aromatic N) is 3. The van der Waals surface area contributed by atoms with Crippen LogP contribution in [-0.4, -0.2) is 71.7 Å². The molecule has 12 heteroatoms. The zero-order valence-corrected chi connectivity index (χ0v) is 25.3. The second-order valence-electron chi connectivity index (χ2n) is 11.3. The minimum atomic E-state index is -0.915. The Kier molecular flexibility index (Phi) is 10.4. The minimum Gasteiger partial charge on any atom is -0.453 e. The zero-order chi connectivity index (χ0) is 31.9. The summed E-state index contributed by atoms with van der Waals surface area (Å²) in [6, 6.07) is 21.6. The number of non-ortho nitro benzene ring substituents is 1. The summed E-state index contributed by atoms with van der Waals surface area (Å²) in [5.41, 5.74) is 4.22. The number of piperazine rings is 1. The van der Waals surface area contributed by atoms with Crippen molar-refractivity contribution >= 4 is 28.9 Å². The van der Waals surface area contributed by atoms with Gasteiger partial charge in [-0.2, -0.15) is 0 Å². The van der Waals surface area contributed by atoms with Crippen molar-refractivity contribution < 1.29 is 33.8 Å². The Balaban J connectivity index is 1.24. The lowest BCUT2D eigenvalue weighted by Gasteiger charge is -2.41. The highest BCUT2D eigenvalue weighted by Crippen LogP contribution is 2.38. The van der Waals surface area contributed by atoms with Crippen LogP contribution in [0, 0.1) is 10.1 Å². The van der Waals surface area contributed by atoms with E-state index in [9.17, 15) is 24.8 Å². The first-order chi connectivity index (χ1) is 21.7. The number of amides is 1. The van der Waals surface area contributed by atoms with E-state index in [2.05, 4.69) is 15.1 Å². The monoisotopic (exact) mass is 618 g/mol. The Morgan fingerprint density at radius 3 is 2.22 bits per heavy atom. The average molecular weight is 619 g/mol. The lowest BCUT2D eigenvalue weighted by Crippen LogP contribution is -2.49. The number of aliphatic hydroxyl groups is 1. The summed E-state index contributed by atoms with van der Waals surface area (Å²) in [7, 11) is 0. The maximum atomic E-state index is 12.4. The van der Waals surface area contributed by atoms with Crippen LogP contribution in [0.15, 0.2) is 72.8 Å². The number of nitro benzene ring substituents is 1. The number of esters is 1. The van der Waals surface area contributed by atoms with Gasteiger partial charge in [0.05, 0.1) is 23.7 Å². The molecule has 2 saturated heterocycles. The molecule has 1 amide bonds. The Bertz CT molecular complexity index is 1460. The van der Waals surface area contributed by atoms with Gasteiger partial charge < -0.3 is 29.5 Å². The lowest BCUT2D eigenvalue weighted by atomic mass is 9.99. The summed E-state index contributed by atoms with van der Waals surface area (Å²) >= 11 is 0. The Hall–Kier alpha value is -4.36. The van der Waals surface area contributed by atoms with E-state index in [1.54, 1.807) is 24.3 Å². The molecule has 2 aliphatic heterocycles. The van der Waals surface area contributed by atoms with E-state index in [1.807, 2.05) is 36.4 Å². The number of benzene rings is 3. The van der Waals surface area contributed by atoms with E-state index in [0.29, 0.717) is 18.7 Å². The van der Waals surface area contributed by atoms with Gasteiger partial charge in [-0.25, -0.2) is 0 Å². The molecule has 3 aromatic carbocycles. The number of nitrogens with one attached hydrogen (secondary N) is 1. The number of rotatable bonds is 10. The normalized spacial score (nSPS) is 21.1. The first-order valence-electron chi connectivity index (χ1n) is 15.0. The van der Waals surface area contributed by atoms with Gasteiger partial charge in [0.2, 0.25) is 0 Å². The second-order valence-corrected chi connectivity index (χ2v) is 11.3. The first kappa shape index (κ1) is 32.0. The van der Waals surface area contributed by atoms with E-state index in [4.69, 9.17) is 14.2 Å². The molecule has 0 radical (unpaired) electrons. The van der Waals surface area contributed by atoms with Crippen molar-refractivity contribution in [1.29, 1.82) is 0 Å². The maximum Gasteiger partial charge on any atom is 0.303 e. The van der Waals surface area contributed by atoms with Crippen LogP contribution in [0.2, 0.25) is 0 Å². The molecule has 0 aliphatic carbocycles. The van der Waals surface area contributed by atoms with Gasteiger partial charge in [-0.05, 0) is 42.3 Å². The number of hydrogen-bond acceptors (Lipinski definition) is 10. The average Bonchev–Trinajstić information content (AvgIpc) is 3.05. The van der Waals surface area contributed by atoms with Gasteiger partial charge in [0.1, 0.15) is 0 Å². The molecule has 0 saturated carbocycles. The zero-order valence-electron chi connectivity index (χ0n) is 25.3. The summed E-state index contributed by atoms with van der Waals surface area (Å²) in [6.07, 6.45) is -1.26. The minimum absolute atomic E-state index is 0.0332. The molecule has 0 bridgehead atoms. The van der Waals surface area contributed by atoms with Crippen LogP contribution in [0.1, 0.15) is 49.4 Å². The Morgan fingerprint density at radius 2 is 1.62 bits per heavy atom. The maximum absolute atomic E-state index is 12.4. The predicted molar refractivity (Wildman–Crippen MR) is 166 cm³/mol. The van der Waals surface area contributed by atoms with Gasteiger partial charge in [0.15, 0.2) is 12.4 Å². The third-order valence-electron chi connectivity index (χ3n) is 8.04. The van der Waals surface area contributed by atoms with Crippen LogP contribution in [0.5, 0.6) is 0 Å². The molecule has 5 rings (SSSR count). The highest BCUT2D eigenvalue weighted by Gasteiger charge is 2.34. The quantitative estimate of drug-likeness (QED) is 0.191. The predicted octanol–water partition coefficient (Wildman–Crippen LogP) is 4.34. The topological polar surface area (TPSA) is 144 Å². The molecular weight excluding hydrogens is 580 g/mol. The van der Waals surface area contributed by atoms with E-state index in [0.717, 1.165) is 48.6 Å². The van der Waals surface area contributed by atoms with Crippen LogP contribution < -0.4 is 10.2 Å². The number of anilines is 2. The molecule has 0 aromatic heterocycles. The van der Waals surface area contributed by atoms with Crippen LogP contribution in [0.3, 0.4) is 0 Å². The third kappa shape index (κ3) is 8.43. The van der Waals surface area contributed by atoms with Gasteiger partial charge >= 0.3 is 5.97 Å². The number of carbonyl (C=O) groups is 2. The van der Waals surface area contributed by atoms with Crippen molar-refractivity contribution in [3.63, 3.8) is 0 Å². The molecule has 4 unspecified atom stereocenters. The van der Waals surface area contributed by atoms with Crippen molar-refractivity contribution in [3.05, 3.63) is 99.6 Å². The number of ether oxygens (including phenoxy) is 3. The number of hydrogen-bond donors (Lipinski definition) is 2. The van der Waals surface area contributed by atoms with Crippen molar-refractivity contribution in [2.24, 2.45) is 0 Å². The summed E-state index contributed by atoms with van der Waals surface area (Å²) in [4.78, 5) is 38.8. The van der Waals surface area contributed by atoms with Crippen molar-refractivity contribution in [1.82, 2.24) is 4.90 Å². The smallest absolute Gasteiger partial charge is 0.303 e. The standard InChI is InChI=1S/C33H38N4O8/c1-22(43-23(2)39)32(40)34-27-9-7-26(8-10-27)33-44-30(19-31(45-33)25-5-3-24(21-38)4-6-25)20-35-15-17-36(18-16-35)28-11-13-29(14-12-28)37(41)42/h3-14,22,30-31,33,38H,15-21H2,1-2H3,(H,34,40). The van der Waals surface area contributed by atoms with Gasteiger partial charge in [-0.3, -0.25) is 24.6 Å². The molecule has 12 nitrogen and oxygen atoms in total. The van der Waals surface area contributed by atoms with Gasteiger partial charge in [0, 0.05) is 75.1 Å². The fourth-order valence-electron chi connectivity index (χ4n) is 5.56. The van der Waals surface area contributed by atoms with Crippen molar-refractivity contribution in [2.45, 2.75) is 51.5 Å². The molecule has 45 heavy (non-hydrogen) atoms. The number of aliphatic hydroxyl groups excluding tert-OH is 1. The van der Waals surface area contributed by atoms with Crippen LogP contribution in [0.25, 0.3) is 0 Å². The van der Waals surface area contributed by atoms with Crippen molar-refractivity contribution in [3.8, 4) is 0 Å². The number of carbonyl (C=O) groups excluding carboxylic acids is 2. The molecule has 238 valence electrons. The molecule has 2 fully saturated rings. The lowest BCUT2D eigenvalue weighted by molar-refractivity contribution is -0.384. The van der Waals surface area contributed by atoms with Crippen LogP contribution in [-0.2, 0) is 30.4 Å². The highest BCUT2D eigenvalue weighted by atomic mass is 16.7. The molecule has 3 aromatic rings. The van der Waals surface area contributed by atoms with Gasteiger partial charge in [-0.15, -0.1) is 0 Å². The largest absolute Gasteiger partial charge is 0.453 e. The third-order valence-corrected chi connectivity index (χ3v) is 8.04. The van der Waals surface area contributed by atoms with E-state index in [-0.39, 0.29) is 24.5 Å². The fourth-order valence-corrected chi connectivity index (χ4v) is 5.56. The summed E-state index contributed by atoms with van der Waals surface area (Å²) < 4.78 is 17.9. The Labute approximate surface area is 261 Å². The first-order valence-corrected chi connectivity index (χ1v) is 15.0. The summed E-state index contributed by atoms with van der Waals surface area (Å²) in [6.45, 7) is 6.66. The van der Waals surface area contributed by atoms with Crippen LogP contribution in [0.4, 0.5) is 17.1 Å². The van der Waals surface area contributed by atoms with E-state index >= 15 is 0 Å². The number of nitro groups is 1. The van der Waals surface area contributed by atoms with Crippen LogP contribution >= 0.6 is 0 Å². The molecule has 4 atom stereocenters. The second kappa shape index (κ2) is 14.6. The molecular formula is C33H38N4O8. The molecule has 2 N–H and O–H groups in total. The van der Waals surface area contributed by atoms with E-state index in [1.165, 1.54) is 26.0 Å².